The molecule has 6 heteroatoms. The van der Waals surface area contributed by atoms with Gasteiger partial charge in [-0.25, -0.2) is 4.98 Å². The molecule has 0 aliphatic carbocycles. The summed E-state index contributed by atoms with van der Waals surface area (Å²) in [6, 6.07) is 3.76. The van der Waals surface area contributed by atoms with Gasteiger partial charge in [0.1, 0.15) is 0 Å². The predicted molar refractivity (Wildman–Crippen MR) is 74.0 cm³/mol. The molecule has 3 rings (SSSR count). The van der Waals surface area contributed by atoms with E-state index in [1.807, 2.05) is 19.1 Å². The number of amides is 1. The van der Waals surface area contributed by atoms with Crippen LogP contribution in [0.15, 0.2) is 12.1 Å². The van der Waals surface area contributed by atoms with Gasteiger partial charge < -0.3 is 11.1 Å². The number of nitrogens with zero attached hydrogens (tertiary/aromatic N) is 1. The molecule has 1 aromatic carbocycles. The molecule has 2 aromatic rings. The maximum atomic E-state index is 11.4. The summed E-state index contributed by atoms with van der Waals surface area (Å²) in [5, 5.41) is 3.83. The number of thiazole rings is 1. The van der Waals surface area contributed by atoms with Crippen LogP contribution in [0, 0.1) is 6.92 Å². The summed E-state index contributed by atoms with van der Waals surface area (Å²) in [6.45, 7) is 1.97. The van der Waals surface area contributed by atoms with Gasteiger partial charge in [-0.05, 0) is 24.6 Å². The number of nitrogens with two attached hydrogens (primary N) is 1. The minimum atomic E-state index is -0.0291. The van der Waals surface area contributed by atoms with Crippen molar-refractivity contribution < 1.29 is 4.79 Å². The second-order valence-electron chi connectivity index (χ2n) is 4.17. The maximum Gasteiger partial charge on any atom is 0.228 e. The average molecular weight is 280 g/mol. The summed E-state index contributed by atoms with van der Waals surface area (Å²) in [6.07, 6.45) is 0.363. The maximum absolute atomic E-state index is 11.4. The first-order valence-electron chi connectivity index (χ1n) is 5.40. The molecule has 0 saturated heterocycles. The number of anilines is 2. The highest BCUT2D eigenvalue weighted by atomic mass is 35.5. The molecule has 3 N–H and O–H groups in total. The molecule has 2 heterocycles. The third-order valence-corrected chi connectivity index (χ3v) is 3.97. The summed E-state index contributed by atoms with van der Waals surface area (Å²) < 4.78 is 0. The van der Waals surface area contributed by atoms with E-state index in [2.05, 4.69) is 10.3 Å². The number of nitrogens with one attached hydrogen (secondary N) is 1. The molecule has 0 bridgehead atoms. The number of hydrogen-bond acceptors (Lipinski definition) is 4. The lowest BCUT2D eigenvalue weighted by Crippen LogP contribution is -2.03. The van der Waals surface area contributed by atoms with Gasteiger partial charge >= 0.3 is 0 Å². The quantitative estimate of drug-likeness (QED) is 0.843. The zero-order chi connectivity index (χ0) is 12.9. The van der Waals surface area contributed by atoms with E-state index < -0.39 is 0 Å². The Hall–Kier alpha value is -1.59. The van der Waals surface area contributed by atoms with Gasteiger partial charge in [0.2, 0.25) is 5.91 Å². The fourth-order valence-corrected chi connectivity index (χ4v) is 3.12. The zero-order valence-electron chi connectivity index (χ0n) is 9.58. The molecule has 92 valence electrons. The van der Waals surface area contributed by atoms with Gasteiger partial charge in [0.15, 0.2) is 5.13 Å². The van der Waals surface area contributed by atoms with Gasteiger partial charge in [0, 0.05) is 10.4 Å². The second-order valence-corrected chi connectivity index (χ2v) is 5.82. The van der Waals surface area contributed by atoms with Crippen LogP contribution in [0.1, 0.15) is 10.4 Å². The van der Waals surface area contributed by atoms with Gasteiger partial charge in [-0.1, -0.05) is 11.6 Å². The van der Waals surface area contributed by atoms with Crippen molar-refractivity contribution in [2.75, 3.05) is 11.1 Å². The van der Waals surface area contributed by atoms with E-state index in [0.717, 1.165) is 21.7 Å². The van der Waals surface area contributed by atoms with Crippen molar-refractivity contribution in [1.29, 1.82) is 0 Å². The topological polar surface area (TPSA) is 68.0 Å². The number of hydrogen-bond donors (Lipinski definition) is 2. The Morgan fingerprint density at radius 2 is 2.28 bits per heavy atom. The summed E-state index contributed by atoms with van der Waals surface area (Å²) in [5.41, 5.74) is 9.06. The Kier molecular flexibility index (Phi) is 2.53. The number of aryl methyl sites for hydroxylation is 1. The number of halogens is 1. The van der Waals surface area contributed by atoms with E-state index in [-0.39, 0.29) is 5.91 Å². The molecule has 1 amide bonds. The van der Waals surface area contributed by atoms with E-state index in [4.69, 9.17) is 17.3 Å². The number of rotatable bonds is 1. The Morgan fingerprint density at radius 1 is 1.50 bits per heavy atom. The SMILES string of the molecule is Cc1sc(N)nc1-c1cc(Cl)c2c(c1)CC(=O)N2. The van der Waals surface area contributed by atoms with Crippen LogP contribution in [-0.2, 0) is 11.2 Å². The summed E-state index contributed by atoms with van der Waals surface area (Å²) in [5.74, 6) is -0.0291. The molecule has 4 nitrogen and oxygen atoms in total. The van der Waals surface area contributed by atoms with Crippen LogP contribution < -0.4 is 11.1 Å². The Balaban J connectivity index is 2.16. The third-order valence-electron chi connectivity index (χ3n) is 2.87. The molecule has 0 saturated carbocycles. The number of nitrogen functional groups attached to an aromatic ring is 1. The number of carbonyl (C=O) groups is 1. The van der Waals surface area contributed by atoms with Crippen LogP contribution in [0.5, 0.6) is 0 Å². The molecule has 0 atom stereocenters. The van der Waals surface area contributed by atoms with E-state index >= 15 is 0 Å². The predicted octanol–water partition coefficient (Wildman–Crippen LogP) is 2.85. The Morgan fingerprint density at radius 3 is 2.94 bits per heavy atom. The molecular weight excluding hydrogens is 270 g/mol. The van der Waals surface area contributed by atoms with Gasteiger partial charge in [0.05, 0.1) is 22.8 Å². The molecule has 0 unspecified atom stereocenters. The smallest absolute Gasteiger partial charge is 0.228 e. The first kappa shape index (κ1) is 11.5. The van der Waals surface area contributed by atoms with Gasteiger partial charge in [-0.15, -0.1) is 11.3 Å². The Bertz CT molecular complexity index is 666. The molecule has 18 heavy (non-hydrogen) atoms. The van der Waals surface area contributed by atoms with Gasteiger partial charge in [-0.2, -0.15) is 0 Å². The summed E-state index contributed by atoms with van der Waals surface area (Å²) in [4.78, 5) is 16.7. The first-order valence-corrected chi connectivity index (χ1v) is 6.59. The number of benzene rings is 1. The monoisotopic (exact) mass is 279 g/mol. The van der Waals surface area contributed by atoms with Crippen LogP contribution in [0.2, 0.25) is 5.02 Å². The molecule has 1 aliphatic heterocycles. The summed E-state index contributed by atoms with van der Waals surface area (Å²) in [7, 11) is 0. The van der Waals surface area contributed by atoms with Crippen molar-refractivity contribution in [2.24, 2.45) is 0 Å². The van der Waals surface area contributed by atoms with E-state index in [9.17, 15) is 4.79 Å². The molecule has 1 aromatic heterocycles. The third kappa shape index (κ3) is 1.76. The van der Waals surface area contributed by atoms with Crippen molar-refractivity contribution in [2.45, 2.75) is 13.3 Å². The highest BCUT2D eigenvalue weighted by Crippen LogP contribution is 2.37. The molecule has 0 radical (unpaired) electrons. The fraction of sp³-hybridized carbons (Fsp3) is 0.167. The normalized spacial score (nSPS) is 13.6. The molecule has 0 spiro atoms. The van der Waals surface area contributed by atoms with Crippen LogP contribution >= 0.6 is 22.9 Å². The van der Waals surface area contributed by atoms with E-state index in [0.29, 0.717) is 22.3 Å². The number of carbonyl (C=O) groups excluding carboxylic acids is 1. The highest BCUT2D eigenvalue weighted by Gasteiger charge is 2.22. The van der Waals surface area contributed by atoms with Crippen LogP contribution in [-0.4, -0.2) is 10.9 Å². The van der Waals surface area contributed by atoms with E-state index in [1.165, 1.54) is 11.3 Å². The Labute approximate surface area is 113 Å². The second kappa shape index (κ2) is 3.96. The minimum absolute atomic E-state index is 0.0291. The van der Waals surface area contributed by atoms with Crippen LogP contribution in [0.4, 0.5) is 10.8 Å². The molecule has 0 fully saturated rings. The van der Waals surface area contributed by atoms with Crippen molar-refractivity contribution in [1.82, 2.24) is 4.98 Å². The molecular formula is C12H10ClN3OS. The number of aromatic nitrogens is 1. The fourth-order valence-electron chi connectivity index (χ4n) is 2.12. The van der Waals surface area contributed by atoms with E-state index in [1.54, 1.807) is 0 Å². The lowest BCUT2D eigenvalue weighted by Gasteiger charge is -2.05. The lowest BCUT2D eigenvalue weighted by atomic mass is 10.1. The summed E-state index contributed by atoms with van der Waals surface area (Å²) >= 11 is 7.62. The minimum Gasteiger partial charge on any atom is -0.375 e. The highest BCUT2D eigenvalue weighted by molar-refractivity contribution is 7.15. The zero-order valence-corrected chi connectivity index (χ0v) is 11.2. The van der Waals surface area contributed by atoms with Crippen molar-refractivity contribution >= 4 is 39.7 Å². The van der Waals surface area contributed by atoms with Gasteiger partial charge in [-0.3, -0.25) is 4.79 Å². The number of fused-ring (bicyclic) bond motifs is 1. The van der Waals surface area contributed by atoms with Gasteiger partial charge in [0.25, 0.3) is 0 Å². The van der Waals surface area contributed by atoms with Crippen LogP contribution in [0.3, 0.4) is 0 Å². The van der Waals surface area contributed by atoms with Crippen molar-refractivity contribution in [3.8, 4) is 11.3 Å². The standard InChI is InChI=1S/C12H10ClN3OS/c1-5-10(16-12(14)18-5)6-2-7-4-9(17)15-11(7)8(13)3-6/h2-3H,4H2,1H3,(H2,14,16)(H,15,17). The lowest BCUT2D eigenvalue weighted by molar-refractivity contribution is -0.115. The van der Waals surface area contributed by atoms with Crippen molar-refractivity contribution in [3.05, 3.63) is 27.6 Å². The van der Waals surface area contributed by atoms with Crippen molar-refractivity contribution in [3.63, 3.8) is 0 Å². The first-order chi connectivity index (χ1) is 8.54. The largest absolute Gasteiger partial charge is 0.375 e. The molecule has 1 aliphatic rings. The average Bonchev–Trinajstić information content (AvgIpc) is 2.81. The van der Waals surface area contributed by atoms with Crippen LogP contribution in [0.25, 0.3) is 11.3 Å².